The van der Waals surface area contributed by atoms with Crippen molar-refractivity contribution in [3.8, 4) is 11.3 Å². The van der Waals surface area contributed by atoms with Crippen molar-refractivity contribution in [2.24, 2.45) is 0 Å². The van der Waals surface area contributed by atoms with E-state index in [9.17, 15) is 32.2 Å². The van der Waals surface area contributed by atoms with E-state index < -0.39 is 82.6 Å². The number of aryl methyl sites for hydroxylation is 1. The van der Waals surface area contributed by atoms with Crippen LogP contribution in [-0.2, 0) is 14.2 Å². The standard InChI is InChI=1S/C30H33F5N4O5S/c1-15-5-4-10-36-22(15)26(29(41)6-8-30(34,35)9-7-29)45-27-24(40)23(25-20(43-27)14-42-28(2,3)44-25)39-13-19(37-38-39)16-11-17(31)21(33)18(32)12-16/h4-5,10-13,20,23-27,40-41H,6-9,14H2,1-3H3/t20-,23-,24-,25+,26?,27+/m1/s1. The number of pyridine rings is 1. The fourth-order valence-corrected chi connectivity index (χ4v) is 7.83. The summed E-state index contributed by atoms with van der Waals surface area (Å²) in [5.41, 5.74) is -1.50. The maximum atomic E-state index is 14.2. The van der Waals surface area contributed by atoms with Gasteiger partial charge in [-0.25, -0.2) is 26.6 Å². The summed E-state index contributed by atoms with van der Waals surface area (Å²) in [7, 11) is 0. The predicted molar refractivity (Wildman–Crippen MR) is 152 cm³/mol. The topological polar surface area (TPSA) is 112 Å². The molecular formula is C30H33F5N4O5S. The Kier molecular flexibility index (Phi) is 8.48. The Morgan fingerprint density at radius 1 is 1.09 bits per heavy atom. The van der Waals surface area contributed by atoms with E-state index in [-0.39, 0.29) is 30.7 Å². The van der Waals surface area contributed by atoms with Crippen LogP contribution in [0.5, 0.6) is 0 Å². The molecule has 2 N–H and O–H groups in total. The molecule has 6 atom stereocenters. The van der Waals surface area contributed by atoms with Crippen molar-refractivity contribution in [1.29, 1.82) is 0 Å². The predicted octanol–water partition coefficient (Wildman–Crippen LogP) is 5.26. The van der Waals surface area contributed by atoms with Gasteiger partial charge >= 0.3 is 0 Å². The first kappa shape index (κ1) is 32.3. The number of aliphatic hydroxyl groups is 2. The van der Waals surface area contributed by atoms with E-state index in [0.717, 1.165) is 29.5 Å². The van der Waals surface area contributed by atoms with E-state index in [1.807, 2.05) is 0 Å². The van der Waals surface area contributed by atoms with Gasteiger partial charge < -0.3 is 24.4 Å². The van der Waals surface area contributed by atoms with E-state index in [4.69, 9.17) is 14.2 Å². The molecule has 0 radical (unpaired) electrons. The van der Waals surface area contributed by atoms with E-state index in [2.05, 4.69) is 15.3 Å². The quantitative estimate of drug-likeness (QED) is 0.271. The van der Waals surface area contributed by atoms with Crippen LogP contribution in [0.2, 0.25) is 0 Å². The highest BCUT2D eigenvalue weighted by atomic mass is 32.2. The minimum Gasteiger partial charge on any atom is -0.388 e. The Hall–Kier alpha value is -2.69. The second-order valence-electron chi connectivity index (χ2n) is 12.3. The van der Waals surface area contributed by atoms with Gasteiger partial charge in [0.15, 0.2) is 23.2 Å². The van der Waals surface area contributed by atoms with Crippen molar-refractivity contribution in [1.82, 2.24) is 20.0 Å². The smallest absolute Gasteiger partial charge is 0.248 e. The maximum absolute atomic E-state index is 14.2. The summed E-state index contributed by atoms with van der Waals surface area (Å²) >= 11 is 1.07. The van der Waals surface area contributed by atoms with Crippen molar-refractivity contribution in [3.05, 3.63) is 65.4 Å². The SMILES string of the molecule is Cc1cccnc1C(S[C@@H]1O[C@@H]2COC(C)(C)O[C@@H]2[C@H](n2cc(-c3cc(F)c(F)c(F)c3)nn2)[C@H]1O)C1(O)CCC(F)(F)CC1. The third-order valence-electron chi connectivity index (χ3n) is 8.66. The molecule has 1 aromatic carbocycles. The molecule has 4 heterocycles. The van der Waals surface area contributed by atoms with E-state index in [1.54, 1.807) is 39.1 Å². The summed E-state index contributed by atoms with van der Waals surface area (Å²) < 4.78 is 89.6. The Bertz CT molecular complexity index is 1530. The van der Waals surface area contributed by atoms with Crippen molar-refractivity contribution in [3.63, 3.8) is 0 Å². The molecule has 1 saturated carbocycles. The van der Waals surface area contributed by atoms with Gasteiger partial charge in [0.2, 0.25) is 5.92 Å². The number of alkyl halides is 2. The van der Waals surface area contributed by atoms with Gasteiger partial charge in [-0.3, -0.25) is 4.98 Å². The molecule has 6 rings (SSSR count). The summed E-state index contributed by atoms with van der Waals surface area (Å²) in [6.45, 7) is 5.26. The Labute approximate surface area is 260 Å². The number of aliphatic hydroxyl groups excluding tert-OH is 1. The lowest BCUT2D eigenvalue weighted by Crippen LogP contribution is -2.61. The van der Waals surface area contributed by atoms with Gasteiger partial charge in [0, 0.05) is 24.6 Å². The minimum absolute atomic E-state index is 0.0120. The normalized spacial score (nSPS) is 29.6. The van der Waals surface area contributed by atoms with E-state index in [0.29, 0.717) is 5.69 Å². The van der Waals surface area contributed by atoms with Crippen LogP contribution in [0.25, 0.3) is 11.3 Å². The molecule has 2 aliphatic heterocycles. The molecule has 3 aromatic rings. The van der Waals surface area contributed by atoms with Crippen LogP contribution in [0, 0.1) is 24.4 Å². The molecule has 244 valence electrons. The highest BCUT2D eigenvalue weighted by Crippen LogP contribution is 2.53. The number of benzene rings is 1. The molecule has 0 spiro atoms. The second-order valence-corrected chi connectivity index (χ2v) is 13.5. The lowest BCUT2D eigenvalue weighted by Gasteiger charge is -2.51. The number of hydrogen-bond donors (Lipinski definition) is 2. The lowest BCUT2D eigenvalue weighted by molar-refractivity contribution is -0.341. The third-order valence-corrected chi connectivity index (χ3v) is 10.2. The maximum Gasteiger partial charge on any atom is 0.248 e. The van der Waals surface area contributed by atoms with Gasteiger partial charge in [-0.2, -0.15) is 0 Å². The summed E-state index contributed by atoms with van der Waals surface area (Å²) in [5, 5.41) is 31.0. The van der Waals surface area contributed by atoms with Crippen molar-refractivity contribution in [2.75, 3.05) is 6.61 Å². The number of aromatic nitrogens is 4. The van der Waals surface area contributed by atoms with Crippen LogP contribution >= 0.6 is 11.8 Å². The van der Waals surface area contributed by atoms with Crippen LogP contribution in [0.3, 0.4) is 0 Å². The Morgan fingerprint density at radius 3 is 2.44 bits per heavy atom. The zero-order valence-electron chi connectivity index (χ0n) is 24.7. The van der Waals surface area contributed by atoms with Crippen LogP contribution in [0.1, 0.15) is 62.1 Å². The molecule has 2 saturated heterocycles. The summed E-state index contributed by atoms with van der Waals surface area (Å²) in [4.78, 5) is 4.49. The number of halogens is 5. The van der Waals surface area contributed by atoms with Gasteiger partial charge in [0.1, 0.15) is 35.5 Å². The highest BCUT2D eigenvalue weighted by molar-refractivity contribution is 8.00. The number of rotatable bonds is 6. The van der Waals surface area contributed by atoms with Crippen LogP contribution in [0.15, 0.2) is 36.7 Å². The molecule has 0 amide bonds. The van der Waals surface area contributed by atoms with Gasteiger partial charge in [-0.1, -0.05) is 11.3 Å². The molecule has 45 heavy (non-hydrogen) atoms. The average Bonchev–Trinajstić information content (AvgIpc) is 3.46. The number of nitrogens with zero attached hydrogens (tertiary/aromatic N) is 4. The first-order chi connectivity index (χ1) is 21.2. The summed E-state index contributed by atoms with van der Waals surface area (Å²) in [5.74, 6) is -8.38. The number of hydrogen-bond acceptors (Lipinski definition) is 9. The van der Waals surface area contributed by atoms with Crippen molar-refractivity contribution in [2.45, 2.75) is 98.8 Å². The van der Waals surface area contributed by atoms with Gasteiger partial charge in [-0.05, 0) is 57.4 Å². The van der Waals surface area contributed by atoms with Gasteiger partial charge in [0.05, 0.1) is 29.3 Å². The minimum atomic E-state index is -2.90. The number of thioether (sulfide) groups is 1. The summed E-state index contributed by atoms with van der Waals surface area (Å²) in [6, 6.07) is 4.13. The monoisotopic (exact) mass is 656 g/mol. The third kappa shape index (κ3) is 6.34. The van der Waals surface area contributed by atoms with Crippen LogP contribution in [0.4, 0.5) is 22.0 Å². The highest BCUT2D eigenvalue weighted by Gasteiger charge is 2.55. The van der Waals surface area contributed by atoms with E-state index >= 15 is 0 Å². The average molecular weight is 657 g/mol. The molecule has 0 bridgehead atoms. The molecule has 3 fully saturated rings. The number of fused-ring (bicyclic) bond motifs is 1. The fourth-order valence-electron chi connectivity index (χ4n) is 6.17. The van der Waals surface area contributed by atoms with Gasteiger partial charge in [-0.15, -0.1) is 16.9 Å². The van der Waals surface area contributed by atoms with Crippen LogP contribution in [-0.4, -0.2) is 77.9 Å². The van der Waals surface area contributed by atoms with Crippen LogP contribution < -0.4 is 0 Å². The molecule has 1 unspecified atom stereocenters. The second kappa shape index (κ2) is 11.8. The summed E-state index contributed by atoms with van der Waals surface area (Å²) in [6.07, 6.45) is -1.43. The first-order valence-electron chi connectivity index (χ1n) is 14.6. The van der Waals surface area contributed by atoms with E-state index in [1.165, 1.54) is 10.9 Å². The lowest BCUT2D eigenvalue weighted by atomic mass is 9.79. The molecule has 1 aliphatic carbocycles. The Balaban J connectivity index is 1.36. The Morgan fingerprint density at radius 2 is 1.78 bits per heavy atom. The zero-order chi connectivity index (χ0) is 32.3. The molecule has 15 heteroatoms. The number of ether oxygens (including phenoxy) is 3. The van der Waals surface area contributed by atoms with Crippen molar-refractivity contribution < 1.29 is 46.4 Å². The molecule has 9 nitrogen and oxygen atoms in total. The molecule has 3 aliphatic rings. The molecule has 2 aromatic heterocycles. The largest absolute Gasteiger partial charge is 0.388 e. The fraction of sp³-hybridized carbons (Fsp3) is 0.567. The zero-order valence-corrected chi connectivity index (χ0v) is 25.5. The van der Waals surface area contributed by atoms with Gasteiger partial charge in [0.25, 0.3) is 0 Å². The van der Waals surface area contributed by atoms with Crippen molar-refractivity contribution >= 4 is 11.8 Å². The first-order valence-corrected chi connectivity index (χ1v) is 15.5. The molecular weight excluding hydrogens is 623 g/mol.